The second-order valence-electron chi connectivity index (χ2n) is 4.79. The number of nitrogens with two attached hydrogens (primary N) is 1. The van der Waals surface area contributed by atoms with Gasteiger partial charge in [0.15, 0.2) is 0 Å². The summed E-state index contributed by atoms with van der Waals surface area (Å²) in [5.41, 5.74) is 6.83. The minimum Gasteiger partial charge on any atom is -0.495 e. The van der Waals surface area contributed by atoms with Crippen LogP contribution in [0.2, 0.25) is 0 Å². The Balaban J connectivity index is 2.15. The zero-order valence-electron chi connectivity index (χ0n) is 11.1. The van der Waals surface area contributed by atoms with E-state index < -0.39 is 0 Å². The van der Waals surface area contributed by atoms with Crippen molar-refractivity contribution in [1.29, 1.82) is 0 Å². The molecule has 19 heavy (non-hydrogen) atoms. The van der Waals surface area contributed by atoms with E-state index in [1.54, 1.807) is 30.2 Å². The minimum atomic E-state index is -0.0702. The predicted molar refractivity (Wildman–Crippen MR) is 74.9 cm³/mol. The molecule has 4 heteroatoms. The summed E-state index contributed by atoms with van der Waals surface area (Å²) in [6.45, 7) is 1.07. The van der Waals surface area contributed by atoms with Gasteiger partial charge in [0.1, 0.15) is 5.75 Å². The first-order valence-corrected chi connectivity index (χ1v) is 6.32. The zero-order valence-corrected chi connectivity index (χ0v) is 11.1. The van der Waals surface area contributed by atoms with E-state index in [-0.39, 0.29) is 5.91 Å². The van der Waals surface area contributed by atoms with Gasteiger partial charge in [0.05, 0.1) is 19.3 Å². The average Bonchev–Trinajstić information content (AvgIpc) is 3.21. The summed E-state index contributed by atoms with van der Waals surface area (Å²) in [7, 11) is 1.55. The van der Waals surface area contributed by atoms with Crippen LogP contribution in [-0.2, 0) is 0 Å². The molecule has 1 aliphatic rings. The Morgan fingerprint density at radius 3 is 2.84 bits per heavy atom. The lowest BCUT2D eigenvalue weighted by atomic mass is 10.1. The maximum atomic E-state index is 12.4. The molecule has 100 valence electrons. The summed E-state index contributed by atoms with van der Waals surface area (Å²) >= 11 is 0. The molecule has 0 saturated heterocycles. The van der Waals surface area contributed by atoms with Crippen LogP contribution in [0.4, 0.5) is 5.69 Å². The van der Waals surface area contributed by atoms with Crippen LogP contribution in [-0.4, -0.2) is 31.0 Å². The number of carbonyl (C=O) groups is 1. The number of amides is 1. The van der Waals surface area contributed by atoms with Gasteiger partial charge in [-0.15, -0.1) is 6.42 Å². The van der Waals surface area contributed by atoms with Crippen molar-refractivity contribution in [2.24, 2.45) is 5.92 Å². The van der Waals surface area contributed by atoms with E-state index in [4.69, 9.17) is 16.9 Å². The van der Waals surface area contributed by atoms with Gasteiger partial charge in [-0.1, -0.05) is 5.92 Å². The Bertz CT molecular complexity index is 515. The second kappa shape index (κ2) is 5.66. The van der Waals surface area contributed by atoms with E-state index >= 15 is 0 Å². The highest BCUT2D eigenvalue weighted by atomic mass is 16.5. The molecule has 1 aliphatic carbocycles. The Morgan fingerprint density at radius 2 is 2.32 bits per heavy atom. The predicted octanol–water partition coefficient (Wildman–Crippen LogP) is 1.76. The molecule has 1 amide bonds. The van der Waals surface area contributed by atoms with Crippen molar-refractivity contribution in [2.75, 3.05) is 25.9 Å². The Labute approximate surface area is 113 Å². The highest BCUT2D eigenvalue weighted by Gasteiger charge is 2.27. The molecule has 1 saturated carbocycles. The number of rotatable bonds is 5. The van der Waals surface area contributed by atoms with Crippen LogP contribution in [0.3, 0.4) is 0 Å². The monoisotopic (exact) mass is 258 g/mol. The summed E-state index contributed by atoms with van der Waals surface area (Å²) < 4.78 is 5.08. The molecule has 0 radical (unpaired) electrons. The first-order chi connectivity index (χ1) is 9.15. The van der Waals surface area contributed by atoms with Crippen molar-refractivity contribution < 1.29 is 9.53 Å². The average molecular weight is 258 g/mol. The molecule has 2 N–H and O–H groups in total. The van der Waals surface area contributed by atoms with Crippen LogP contribution in [0, 0.1) is 18.3 Å². The second-order valence-corrected chi connectivity index (χ2v) is 4.79. The zero-order chi connectivity index (χ0) is 13.8. The van der Waals surface area contributed by atoms with E-state index in [0.717, 1.165) is 6.54 Å². The third-order valence-electron chi connectivity index (χ3n) is 3.22. The Hall–Kier alpha value is -2.15. The molecule has 4 nitrogen and oxygen atoms in total. The molecule has 1 aromatic rings. The van der Waals surface area contributed by atoms with Gasteiger partial charge in [0.2, 0.25) is 0 Å². The number of ether oxygens (including phenoxy) is 1. The summed E-state index contributed by atoms with van der Waals surface area (Å²) in [6, 6.07) is 5.05. The van der Waals surface area contributed by atoms with Gasteiger partial charge < -0.3 is 15.4 Å². The third-order valence-corrected chi connectivity index (χ3v) is 3.22. The van der Waals surface area contributed by atoms with Crippen molar-refractivity contribution in [3.63, 3.8) is 0 Å². The van der Waals surface area contributed by atoms with Crippen LogP contribution in [0.25, 0.3) is 0 Å². The van der Waals surface area contributed by atoms with E-state index in [1.807, 2.05) is 0 Å². The van der Waals surface area contributed by atoms with Crippen LogP contribution in [0.15, 0.2) is 18.2 Å². The standard InChI is InChI=1S/C15H18N2O2/c1-3-8-17(10-11-4-5-11)15(18)12-6-7-14(19-2)13(16)9-12/h1,6-7,9,11H,4-5,8,10,16H2,2H3. The molecule has 1 aromatic carbocycles. The first kappa shape index (κ1) is 13.3. The van der Waals surface area contributed by atoms with Gasteiger partial charge in [-0.05, 0) is 37.0 Å². The lowest BCUT2D eigenvalue weighted by molar-refractivity contribution is 0.0770. The number of hydrogen-bond donors (Lipinski definition) is 1. The number of carbonyl (C=O) groups excluding carboxylic acids is 1. The van der Waals surface area contributed by atoms with Crippen molar-refractivity contribution in [2.45, 2.75) is 12.8 Å². The van der Waals surface area contributed by atoms with E-state index in [2.05, 4.69) is 5.92 Å². The normalized spacial score (nSPS) is 13.7. The highest BCUT2D eigenvalue weighted by molar-refractivity contribution is 5.95. The van der Waals surface area contributed by atoms with E-state index in [1.165, 1.54) is 12.8 Å². The molecule has 0 aliphatic heterocycles. The number of nitrogen functional groups attached to an aromatic ring is 1. The van der Waals surface area contributed by atoms with Gasteiger partial charge in [0.25, 0.3) is 5.91 Å². The molecule has 0 aromatic heterocycles. The van der Waals surface area contributed by atoms with E-state index in [9.17, 15) is 4.79 Å². The summed E-state index contributed by atoms with van der Waals surface area (Å²) in [6.07, 6.45) is 7.69. The summed E-state index contributed by atoms with van der Waals surface area (Å²) in [5, 5.41) is 0. The lowest BCUT2D eigenvalue weighted by Crippen LogP contribution is -2.33. The maximum absolute atomic E-state index is 12.4. The molecular formula is C15H18N2O2. The Kier molecular flexibility index (Phi) is 3.96. The van der Waals surface area contributed by atoms with Crippen LogP contribution < -0.4 is 10.5 Å². The SMILES string of the molecule is C#CCN(CC1CC1)C(=O)c1ccc(OC)c(N)c1. The van der Waals surface area contributed by atoms with Gasteiger partial charge in [-0.25, -0.2) is 0 Å². The molecule has 2 rings (SSSR count). The van der Waals surface area contributed by atoms with Crippen molar-refractivity contribution in [3.05, 3.63) is 23.8 Å². The number of methoxy groups -OCH3 is 1. The fourth-order valence-electron chi connectivity index (χ4n) is 1.99. The van der Waals surface area contributed by atoms with Gasteiger partial charge in [0, 0.05) is 12.1 Å². The smallest absolute Gasteiger partial charge is 0.254 e. The van der Waals surface area contributed by atoms with Gasteiger partial charge >= 0.3 is 0 Å². The highest BCUT2D eigenvalue weighted by Crippen LogP contribution is 2.30. The molecule has 0 unspecified atom stereocenters. The van der Waals surface area contributed by atoms with Crippen molar-refractivity contribution >= 4 is 11.6 Å². The fourth-order valence-corrected chi connectivity index (χ4v) is 1.99. The van der Waals surface area contributed by atoms with E-state index in [0.29, 0.717) is 29.5 Å². The van der Waals surface area contributed by atoms with Crippen LogP contribution in [0.1, 0.15) is 23.2 Å². The topological polar surface area (TPSA) is 55.6 Å². The fraction of sp³-hybridized carbons (Fsp3) is 0.400. The minimum absolute atomic E-state index is 0.0702. The number of anilines is 1. The third kappa shape index (κ3) is 3.19. The lowest BCUT2D eigenvalue weighted by Gasteiger charge is -2.20. The first-order valence-electron chi connectivity index (χ1n) is 6.32. The number of benzene rings is 1. The van der Waals surface area contributed by atoms with Gasteiger partial charge in [-0.3, -0.25) is 4.79 Å². The molecule has 0 spiro atoms. The molecule has 0 atom stereocenters. The number of nitrogens with zero attached hydrogens (tertiary/aromatic N) is 1. The van der Waals surface area contributed by atoms with Crippen LogP contribution >= 0.6 is 0 Å². The largest absolute Gasteiger partial charge is 0.495 e. The number of terminal acetylenes is 1. The van der Waals surface area contributed by atoms with Crippen molar-refractivity contribution in [1.82, 2.24) is 4.90 Å². The molecule has 0 heterocycles. The maximum Gasteiger partial charge on any atom is 0.254 e. The molecule has 0 bridgehead atoms. The summed E-state index contributed by atoms with van der Waals surface area (Å²) in [5.74, 6) is 3.64. The van der Waals surface area contributed by atoms with Crippen LogP contribution in [0.5, 0.6) is 5.75 Å². The van der Waals surface area contributed by atoms with Crippen molar-refractivity contribution in [3.8, 4) is 18.1 Å². The molecule has 1 fully saturated rings. The Morgan fingerprint density at radius 1 is 1.58 bits per heavy atom. The quantitative estimate of drug-likeness (QED) is 0.647. The molecular weight excluding hydrogens is 240 g/mol. The number of hydrogen-bond acceptors (Lipinski definition) is 3. The van der Waals surface area contributed by atoms with Gasteiger partial charge in [-0.2, -0.15) is 0 Å². The summed E-state index contributed by atoms with van der Waals surface area (Å²) in [4.78, 5) is 14.1.